The molecule has 2 aromatic carbocycles. The molecule has 36 heavy (non-hydrogen) atoms. The van der Waals surface area contributed by atoms with Crippen LogP contribution in [0.5, 0.6) is 0 Å². The van der Waals surface area contributed by atoms with Crippen molar-refractivity contribution >= 4 is 33.0 Å². The van der Waals surface area contributed by atoms with Crippen LogP contribution in [-0.2, 0) is 17.9 Å². The van der Waals surface area contributed by atoms with E-state index in [0.29, 0.717) is 0 Å². The van der Waals surface area contributed by atoms with Crippen LogP contribution in [-0.4, -0.2) is 4.98 Å². The Morgan fingerprint density at radius 2 is 1.56 bits per heavy atom. The van der Waals surface area contributed by atoms with Gasteiger partial charge in [0.05, 0.1) is 11.1 Å². The zero-order valence-corrected chi connectivity index (χ0v) is 23.2. The number of hydrogen-bond donors (Lipinski definition) is 0. The monoisotopic (exact) mass is 477 g/mol. The summed E-state index contributed by atoms with van der Waals surface area (Å²) < 4.78 is 8.94. The van der Waals surface area contributed by atoms with Gasteiger partial charge in [-0.25, -0.2) is 9.55 Å². The number of furan rings is 1. The number of hydrogen-bond acceptors (Lipinski definition) is 2. The Morgan fingerprint density at radius 3 is 2.31 bits per heavy atom. The van der Waals surface area contributed by atoms with Gasteiger partial charge in [0, 0.05) is 27.8 Å². The maximum absolute atomic E-state index is 6.72. The average molecular weight is 478 g/mol. The summed E-state index contributed by atoms with van der Waals surface area (Å²) in [6.07, 6.45) is 4.57. The number of fused-ring (bicyclic) bond motifs is 6. The first-order valence-electron chi connectivity index (χ1n) is 13.2. The zero-order chi connectivity index (χ0) is 25.7. The predicted molar refractivity (Wildman–Crippen MR) is 150 cm³/mol. The summed E-state index contributed by atoms with van der Waals surface area (Å²) in [5, 5.41) is 3.49. The van der Waals surface area contributed by atoms with E-state index >= 15 is 0 Å². The summed E-state index contributed by atoms with van der Waals surface area (Å²) in [5.41, 5.74) is 13.2. The van der Waals surface area contributed by atoms with E-state index in [9.17, 15) is 0 Å². The van der Waals surface area contributed by atoms with Gasteiger partial charge in [0.25, 0.3) is 0 Å². The maximum atomic E-state index is 6.72. The SMILES string of the molecule is Cc1cc(-c2c(C)cc(C)c3c2oc2nc4c5c(ccc4cc23)C(C)(C)CCC5(C)C)[n+](C)cc1C. The van der Waals surface area contributed by atoms with Crippen LogP contribution in [0.4, 0.5) is 0 Å². The Morgan fingerprint density at radius 1 is 0.833 bits per heavy atom. The lowest BCUT2D eigenvalue weighted by atomic mass is 9.62. The van der Waals surface area contributed by atoms with E-state index in [1.165, 1.54) is 56.3 Å². The maximum Gasteiger partial charge on any atom is 0.227 e. The third kappa shape index (κ3) is 3.18. The van der Waals surface area contributed by atoms with Crippen LogP contribution in [0.1, 0.15) is 73.9 Å². The minimum Gasteiger partial charge on any atom is -0.437 e. The van der Waals surface area contributed by atoms with Crippen molar-refractivity contribution in [1.82, 2.24) is 4.98 Å². The molecule has 1 aliphatic carbocycles. The molecule has 0 amide bonds. The summed E-state index contributed by atoms with van der Waals surface area (Å²) in [6, 6.07) is 11.5. The lowest BCUT2D eigenvalue weighted by Crippen LogP contribution is -2.34. The molecule has 0 spiro atoms. The Kier molecular flexibility index (Phi) is 4.78. The normalized spacial score (nSPS) is 16.7. The van der Waals surface area contributed by atoms with Crippen molar-refractivity contribution < 1.29 is 8.98 Å². The van der Waals surface area contributed by atoms with Crippen LogP contribution in [0.25, 0.3) is 44.2 Å². The summed E-state index contributed by atoms with van der Waals surface area (Å²) in [6.45, 7) is 18.2. The van der Waals surface area contributed by atoms with E-state index in [-0.39, 0.29) is 10.8 Å². The van der Waals surface area contributed by atoms with Crippen LogP contribution in [0.2, 0.25) is 0 Å². The summed E-state index contributed by atoms with van der Waals surface area (Å²) in [7, 11) is 2.12. The zero-order valence-electron chi connectivity index (χ0n) is 23.2. The summed E-state index contributed by atoms with van der Waals surface area (Å²) in [4.78, 5) is 5.28. The third-order valence-corrected chi connectivity index (χ3v) is 8.88. The molecule has 0 aliphatic heterocycles. The molecule has 3 nitrogen and oxygen atoms in total. The molecule has 3 heteroatoms. The van der Waals surface area contributed by atoms with Crippen LogP contribution in [0.3, 0.4) is 0 Å². The molecule has 5 aromatic rings. The first-order chi connectivity index (χ1) is 16.9. The Hall–Kier alpha value is -3.20. The van der Waals surface area contributed by atoms with Gasteiger partial charge in [-0.3, -0.25) is 0 Å². The number of rotatable bonds is 1. The molecule has 3 heterocycles. The molecule has 0 bridgehead atoms. The molecule has 0 atom stereocenters. The Bertz CT molecular complexity index is 1730. The van der Waals surface area contributed by atoms with Crippen molar-refractivity contribution in [2.45, 2.75) is 79.1 Å². The number of pyridine rings is 2. The highest BCUT2D eigenvalue weighted by Crippen LogP contribution is 2.49. The average Bonchev–Trinajstić information content (AvgIpc) is 3.16. The van der Waals surface area contributed by atoms with E-state index in [1.54, 1.807) is 0 Å². The topological polar surface area (TPSA) is 29.9 Å². The van der Waals surface area contributed by atoms with Crippen molar-refractivity contribution in [2.75, 3.05) is 0 Å². The molecule has 0 saturated heterocycles. The van der Waals surface area contributed by atoms with Gasteiger partial charge in [0.15, 0.2) is 11.8 Å². The van der Waals surface area contributed by atoms with E-state index in [4.69, 9.17) is 9.40 Å². The van der Waals surface area contributed by atoms with Crippen molar-refractivity contribution in [3.05, 3.63) is 69.9 Å². The third-order valence-electron chi connectivity index (χ3n) is 8.88. The van der Waals surface area contributed by atoms with Gasteiger partial charge in [-0.2, -0.15) is 0 Å². The second kappa shape index (κ2) is 7.41. The van der Waals surface area contributed by atoms with Crippen molar-refractivity contribution in [2.24, 2.45) is 7.05 Å². The van der Waals surface area contributed by atoms with E-state index in [1.807, 2.05) is 0 Å². The highest BCUT2D eigenvalue weighted by Gasteiger charge is 2.39. The molecular formula is C33H37N2O+. The fraction of sp³-hybridized carbons (Fsp3) is 0.394. The fourth-order valence-corrected chi connectivity index (χ4v) is 6.55. The number of benzene rings is 2. The first kappa shape index (κ1) is 23.2. The minimum atomic E-state index is 0.0852. The molecule has 0 fully saturated rings. The smallest absolute Gasteiger partial charge is 0.227 e. The van der Waals surface area contributed by atoms with Crippen molar-refractivity contribution in [3.63, 3.8) is 0 Å². The second-order valence-corrected chi connectivity index (χ2v) is 12.5. The lowest BCUT2D eigenvalue weighted by Gasteiger charge is -2.42. The van der Waals surface area contributed by atoms with E-state index < -0.39 is 0 Å². The Balaban J connectivity index is 1.73. The standard InChI is InChI=1S/C33H37N2O/c1-18-15-25(35(9)17-21(18)4)27-20(3)14-19(2)26-23-16-22-10-11-24-28(29(22)34-31(23)36-30(26)27)33(7,8)13-12-32(24,5)6/h10-11,14-17H,12-13H2,1-9H3/q+1. The highest BCUT2D eigenvalue weighted by molar-refractivity contribution is 6.13. The minimum absolute atomic E-state index is 0.0852. The van der Waals surface area contributed by atoms with Crippen LogP contribution >= 0.6 is 0 Å². The molecule has 0 unspecified atom stereocenters. The van der Waals surface area contributed by atoms with Gasteiger partial charge in [-0.1, -0.05) is 45.9 Å². The van der Waals surface area contributed by atoms with Crippen LogP contribution in [0.15, 0.2) is 40.9 Å². The van der Waals surface area contributed by atoms with Gasteiger partial charge in [-0.15, -0.1) is 0 Å². The molecule has 0 saturated carbocycles. The van der Waals surface area contributed by atoms with Gasteiger partial charge in [0.2, 0.25) is 11.4 Å². The van der Waals surface area contributed by atoms with Gasteiger partial charge < -0.3 is 4.42 Å². The van der Waals surface area contributed by atoms with Gasteiger partial charge in [-0.05, 0) is 85.3 Å². The summed E-state index contributed by atoms with van der Waals surface area (Å²) in [5.74, 6) is 0. The molecular weight excluding hydrogens is 440 g/mol. The summed E-state index contributed by atoms with van der Waals surface area (Å²) >= 11 is 0. The fourth-order valence-electron chi connectivity index (χ4n) is 6.55. The molecule has 0 N–H and O–H groups in total. The quantitative estimate of drug-likeness (QED) is 0.228. The largest absolute Gasteiger partial charge is 0.437 e. The Labute approximate surface area is 214 Å². The van der Waals surface area contributed by atoms with Gasteiger partial charge >= 0.3 is 0 Å². The van der Waals surface area contributed by atoms with E-state index in [2.05, 4.69) is 104 Å². The van der Waals surface area contributed by atoms with Crippen LogP contribution < -0.4 is 4.57 Å². The van der Waals surface area contributed by atoms with Gasteiger partial charge in [0.1, 0.15) is 7.05 Å². The number of aryl methyl sites for hydroxylation is 5. The predicted octanol–water partition coefficient (Wildman–Crippen LogP) is 8.21. The number of aromatic nitrogens is 2. The van der Waals surface area contributed by atoms with E-state index in [0.717, 1.165) is 34.2 Å². The molecule has 1 aliphatic rings. The molecule has 6 rings (SSSR count). The lowest BCUT2D eigenvalue weighted by molar-refractivity contribution is -0.660. The van der Waals surface area contributed by atoms with Crippen LogP contribution in [0, 0.1) is 27.7 Å². The van der Waals surface area contributed by atoms with Crippen molar-refractivity contribution in [3.8, 4) is 11.3 Å². The molecule has 0 radical (unpaired) electrons. The number of nitrogens with zero attached hydrogens (tertiary/aromatic N) is 2. The molecule has 184 valence electrons. The molecule has 3 aromatic heterocycles. The van der Waals surface area contributed by atoms with Crippen molar-refractivity contribution in [1.29, 1.82) is 0 Å². The highest BCUT2D eigenvalue weighted by atomic mass is 16.3. The first-order valence-corrected chi connectivity index (χ1v) is 13.2. The second-order valence-electron chi connectivity index (χ2n) is 12.5.